The maximum atomic E-state index is 12.3. The van der Waals surface area contributed by atoms with E-state index in [0.717, 1.165) is 76.0 Å². The number of hydrogen-bond donors (Lipinski definition) is 3. The molecule has 8 nitrogen and oxygen atoms in total. The molecule has 0 atom stereocenters. The molecule has 0 saturated carbocycles. The lowest BCUT2D eigenvalue weighted by atomic mass is 10.0. The average molecular weight is 544 g/mol. The average Bonchev–Trinajstić information content (AvgIpc) is 3.30. The normalized spacial score (nSPS) is 17.8. The molecule has 3 N–H and O–H groups in total. The molecule has 0 aromatic heterocycles. The van der Waals surface area contributed by atoms with Crippen molar-refractivity contribution >= 4 is 41.7 Å². The Bertz CT molecular complexity index is 730. The Hall–Kier alpha value is -1.59. The lowest BCUT2D eigenvalue weighted by Gasteiger charge is -2.41. The molecule has 9 heteroatoms. The van der Waals surface area contributed by atoms with Crippen molar-refractivity contribution in [2.45, 2.75) is 38.8 Å². The smallest absolute Gasteiger partial charge is 0.321 e. The van der Waals surface area contributed by atoms with Crippen molar-refractivity contribution in [2.24, 2.45) is 4.99 Å². The van der Waals surface area contributed by atoms with Crippen molar-refractivity contribution in [2.75, 3.05) is 58.3 Å². The standard InChI is InChI=1S/C22H36N6O2.HI/c1-22(2,28-11-13-30-14-12-28)17-25-20(23-3)24-16-18-7-6-8-19(15-18)26-21(29)27-9-4-5-10-27;/h6-8,15H,4-5,9-14,16-17H2,1-3H3,(H,26,29)(H2,23,24,25);1H. The van der Waals surface area contributed by atoms with Crippen LogP contribution in [-0.2, 0) is 11.3 Å². The monoisotopic (exact) mass is 544 g/mol. The van der Waals surface area contributed by atoms with Gasteiger partial charge in [-0.2, -0.15) is 0 Å². The summed E-state index contributed by atoms with van der Waals surface area (Å²) in [7, 11) is 1.78. The zero-order valence-corrected chi connectivity index (χ0v) is 21.3. The van der Waals surface area contributed by atoms with Gasteiger partial charge in [-0.05, 0) is 44.4 Å². The molecule has 0 aliphatic carbocycles. The van der Waals surface area contributed by atoms with E-state index < -0.39 is 0 Å². The molecule has 1 aromatic carbocycles. The number of aliphatic imine (C=N–C) groups is 1. The van der Waals surface area contributed by atoms with Gasteiger partial charge in [0.1, 0.15) is 0 Å². The minimum Gasteiger partial charge on any atom is -0.379 e. The number of ether oxygens (including phenoxy) is 1. The quantitative estimate of drug-likeness (QED) is 0.292. The highest BCUT2D eigenvalue weighted by Gasteiger charge is 2.28. The lowest BCUT2D eigenvalue weighted by molar-refractivity contribution is -0.00834. The summed E-state index contributed by atoms with van der Waals surface area (Å²) in [5.41, 5.74) is 1.92. The first-order chi connectivity index (χ1) is 14.5. The number of guanidine groups is 1. The predicted molar refractivity (Wildman–Crippen MR) is 136 cm³/mol. The second-order valence-corrected chi connectivity index (χ2v) is 8.52. The van der Waals surface area contributed by atoms with Crippen molar-refractivity contribution in [1.29, 1.82) is 0 Å². The highest BCUT2D eigenvalue weighted by atomic mass is 127. The van der Waals surface area contributed by atoms with E-state index in [-0.39, 0.29) is 35.5 Å². The first-order valence-electron chi connectivity index (χ1n) is 10.9. The largest absolute Gasteiger partial charge is 0.379 e. The van der Waals surface area contributed by atoms with Crippen LogP contribution in [0.1, 0.15) is 32.3 Å². The SMILES string of the molecule is CN=C(NCc1cccc(NC(=O)N2CCCC2)c1)NCC(C)(C)N1CCOCC1.I. The van der Waals surface area contributed by atoms with Crippen LogP contribution in [0.4, 0.5) is 10.5 Å². The number of carbonyl (C=O) groups is 1. The molecule has 2 aliphatic rings. The number of anilines is 1. The minimum absolute atomic E-state index is 0. The van der Waals surface area contributed by atoms with Crippen LogP contribution in [-0.4, -0.2) is 80.3 Å². The van der Waals surface area contributed by atoms with E-state index in [0.29, 0.717) is 6.54 Å². The van der Waals surface area contributed by atoms with Gasteiger partial charge < -0.3 is 25.6 Å². The summed E-state index contributed by atoms with van der Waals surface area (Å²) in [4.78, 5) is 21.0. The summed E-state index contributed by atoms with van der Waals surface area (Å²) in [6.45, 7) is 11.1. The molecule has 2 aliphatic heterocycles. The molecular weight excluding hydrogens is 507 g/mol. The second kappa shape index (κ2) is 12.4. The summed E-state index contributed by atoms with van der Waals surface area (Å²) in [5.74, 6) is 0.767. The maximum Gasteiger partial charge on any atom is 0.321 e. The molecule has 31 heavy (non-hydrogen) atoms. The van der Waals surface area contributed by atoms with E-state index >= 15 is 0 Å². The van der Waals surface area contributed by atoms with Crippen LogP contribution in [0, 0.1) is 0 Å². The van der Waals surface area contributed by atoms with Crippen LogP contribution in [0.2, 0.25) is 0 Å². The summed E-state index contributed by atoms with van der Waals surface area (Å²) < 4.78 is 5.46. The van der Waals surface area contributed by atoms with E-state index in [1.807, 2.05) is 29.2 Å². The van der Waals surface area contributed by atoms with E-state index in [4.69, 9.17) is 4.74 Å². The van der Waals surface area contributed by atoms with Gasteiger partial charge >= 0.3 is 6.03 Å². The van der Waals surface area contributed by atoms with Gasteiger partial charge in [-0.15, -0.1) is 24.0 Å². The number of amides is 2. The number of likely N-dealkylation sites (tertiary alicyclic amines) is 1. The number of carbonyl (C=O) groups excluding carboxylic acids is 1. The Balaban J connectivity index is 0.00000341. The molecule has 2 heterocycles. The van der Waals surface area contributed by atoms with Crippen molar-refractivity contribution in [3.8, 4) is 0 Å². The second-order valence-electron chi connectivity index (χ2n) is 8.52. The molecule has 174 valence electrons. The highest BCUT2D eigenvalue weighted by Crippen LogP contribution is 2.16. The van der Waals surface area contributed by atoms with Gasteiger partial charge in [0.05, 0.1) is 13.2 Å². The lowest BCUT2D eigenvalue weighted by Crippen LogP contribution is -2.56. The van der Waals surface area contributed by atoms with Crippen LogP contribution >= 0.6 is 24.0 Å². The van der Waals surface area contributed by atoms with Gasteiger partial charge in [-0.1, -0.05) is 12.1 Å². The molecule has 1 aromatic rings. The summed E-state index contributed by atoms with van der Waals surface area (Å²) in [6, 6.07) is 7.93. The van der Waals surface area contributed by atoms with E-state index in [1.165, 1.54) is 0 Å². The Kier molecular flexibility index (Phi) is 10.3. The minimum atomic E-state index is -0.0135. The molecule has 3 rings (SSSR count). The van der Waals surface area contributed by atoms with Crippen LogP contribution in [0.15, 0.2) is 29.3 Å². The zero-order valence-electron chi connectivity index (χ0n) is 18.9. The Morgan fingerprint density at radius 3 is 2.52 bits per heavy atom. The number of urea groups is 1. The van der Waals surface area contributed by atoms with Gasteiger partial charge in [-0.25, -0.2) is 4.79 Å². The molecule has 2 amide bonds. The zero-order chi connectivity index (χ0) is 21.4. The maximum absolute atomic E-state index is 12.3. The number of nitrogens with one attached hydrogen (secondary N) is 3. The summed E-state index contributed by atoms with van der Waals surface area (Å²) in [5, 5.41) is 9.82. The molecule has 0 bridgehead atoms. The Morgan fingerprint density at radius 1 is 1.13 bits per heavy atom. The van der Waals surface area contributed by atoms with Gasteiger partial charge in [0, 0.05) is 57.5 Å². The molecule has 2 fully saturated rings. The van der Waals surface area contributed by atoms with Crippen molar-refractivity contribution in [3.63, 3.8) is 0 Å². The third-order valence-corrected chi connectivity index (χ3v) is 5.81. The predicted octanol–water partition coefficient (Wildman–Crippen LogP) is 2.71. The van der Waals surface area contributed by atoms with Gasteiger partial charge in [0.15, 0.2) is 5.96 Å². The summed E-state index contributed by atoms with van der Waals surface area (Å²) in [6.07, 6.45) is 2.18. The van der Waals surface area contributed by atoms with Crippen LogP contribution in [0.25, 0.3) is 0 Å². The fourth-order valence-electron chi connectivity index (χ4n) is 3.87. The molecule has 0 radical (unpaired) electrons. The third kappa shape index (κ3) is 7.80. The van der Waals surface area contributed by atoms with Crippen molar-refractivity contribution < 1.29 is 9.53 Å². The highest BCUT2D eigenvalue weighted by molar-refractivity contribution is 14.0. The van der Waals surface area contributed by atoms with Gasteiger partial charge in [0.2, 0.25) is 0 Å². The number of nitrogens with zero attached hydrogens (tertiary/aromatic N) is 3. The third-order valence-electron chi connectivity index (χ3n) is 5.81. The first-order valence-corrected chi connectivity index (χ1v) is 10.9. The number of morpholine rings is 1. The number of rotatable bonds is 6. The first kappa shape index (κ1) is 25.7. The molecule has 0 spiro atoms. The van der Waals surface area contributed by atoms with E-state index in [1.54, 1.807) is 7.05 Å². The number of hydrogen-bond acceptors (Lipinski definition) is 4. The fraction of sp³-hybridized carbons (Fsp3) is 0.636. The van der Waals surface area contributed by atoms with Gasteiger partial charge in [0.25, 0.3) is 0 Å². The molecular formula is C22H37IN6O2. The molecule has 0 unspecified atom stereocenters. The topological polar surface area (TPSA) is 81.2 Å². The van der Waals surface area contributed by atoms with Crippen LogP contribution in [0.3, 0.4) is 0 Å². The van der Waals surface area contributed by atoms with Gasteiger partial charge in [-0.3, -0.25) is 9.89 Å². The van der Waals surface area contributed by atoms with Crippen molar-refractivity contribution in [1.82, 2.24) is 20.4 Å². The Labute approximate surface area is 203 Å². The fourth-order valence-corrected chi connectivity index (χ4v) is 3.87. The Morgan fingerprint density at radius 2 is 1.84 bits per heavy atom. The number of halogens is 1. The summed E-state index contributed by atoms with van der Waals surface area (Å²) >= 11 is 0. The van der Waals surface area contributed by atoms with E-state index in [2.05, 4.69) is 39.7 Å². The van der Waals surface area contributed by atoms with Crippen molar-refractivity contribution in [3.05, 3.63) is 29.8 Å². The van der Waals surface area contributed by atoms with E-state index in [9.17, 15) is 4.79 Å². The van der Waals surface area contributed by atoms with Crippen LogP contribution < -0.4 is 16.0 Å². The number of benzene rings is 1. The van der Waals surface area contributed by atoms with Crippen LogP contribution in [0.5, 0.6) is 0 Å². The molecule has 2 saturated heterocycles.